The Hall–Kier alpha value is -2.73. The second-order valence-electron chi connectivity index (χ2n) is 5.39. The molecule has 0 spiro atoms. The third kappa shape index (κ3) is 4.22. The number of hydrazone groups is 1. The van der Waals surface area contributed by atoms with E-state index in [-0.39, 0.29) is 0 Å². The largest absolute Gasteiger partial charge is 0.455 e. The molecule has 0 aliphatic carbocycles. The van der Waals surface area contributed by atoms with E-state index in [0.717, 1.165) is 15.6 Å². The van der Waals surface area contributed by atoms with Gasteiger partial charge in [0.05, 0.1) is 6.21 Å². The first-order chi connectivity index (χ1) is 12.0. The van der Waals surface area contributed by atoms with Crippen LogP contribution in [0.25, 0.3) is 11.3 Å². The number of aryl methyl sites for hydroxylation is 1. The van der Waals surface area contributed by atoms with Crippen LogP contribution in [-0.2, 0) is 0 Å². The van der Waals surface area contributed by atoms with Crippen LogP contribution in [0, 0.1) is 12.7 Å². The maximum Gasteiger partial charge on any atom is 0.271 e. The van der Waals surface area contributed by atoms with Crippen LogP contribution >= 0.6 is 15.9 Å². The third-order valence-electron chi connectivity index (χ3n) is 3.48. The Morgan fingerprint density at radius 1 is 1.16 bits per heavy atom. The molecular formula is C19H14BrFN2O2. The minimum Gasteiger partial charge on any atom is -0.455 e. The zero-order chi connectivity index (χ0) is 17.8. The number of carbonyl (C=O) groups is 1. The molecule has 3 aromatic rings. The van der Waals surface area contributed by atoms with Crippen molar-refractivity contribution >= 4 is 28.1 Å². The molecule has 0 atom stereocenters. The van der Waals surface area contributed by atoms with Crippen molar-refractivity contribution in [2.24, 2.45) is 5.10 Å². The highest BCUT2D eigenvalue weighted by atomic mass is 79.9. The van der Waals surface area contributed by atoms with Crippen LogP contribution in [-0.4, -0.2) is 12.1 Å². The number of amides is 1. The molecule has 0 unspecified atom stereocenters. The number of halogens is 2. The summed E-state index contributed by atoms with van der Waals surface area (Å²) in [5.41, 5.74) is 4.77. The molecule has 6 heteroatoms. The number of benzene rings is 2. The van der Waals surface area contributed by atoms with Gasteiger partial charge in [0.2, 0.25) is 0 Å². The van der Waals surface area contributed by atoms with E-state index in [4.69, 9.17) is 4.42 Å². The Bertz CT molecular complexity index is 933. The first-order valence-electron chi connectivity index (χ1n) is 7.48. The molecule has 126 valence electrons. The number of carbonyl (C=O) groups excluding carboxylic acids is 1. The maximum atomic E-state index is 12.8. The maximum absolute atomic E-state index is 12.8. The van der Waals surface area contributed by atoms with E-state index in [1.807, 2.05) is 31.2 Å². The van der Waals surface area contributed by atoms with Crippen molar-refractivity contribution in [3.05, 3.63) is 81.8 Å². The molecule has 25 heavy (non-hydrogen) atoms. The molecule has 1 aromatic heterocycles. The lowest BCUT2D eigenvalue weighted by molar-refractivity contribution is 0.0955. The summed E-state index contributed by atoms with van der Waals surface area (Å²) >= 11 is 3.52. The Labute approximate surface area is 152 Å². The van der Waals surface area contributed by atoms with Gasteiger partial charge in [0.1, 0.15) is 17.3 Å². The molecule has 0 saturated heterocycles. The smallest absolute Gasteiger partial charge is 0.271 e. The predicted octanol–water partition coefficient (Wildman–Crippen LogP) is 4.92. The van der Waals surface area contributed by atoms with Crippen LogP contribution in [0.1, 0.15) is 21.7 Å². The first-order valence-corrected chi connectivity index (χ1v) is 8.27. The van der Waals surface area contributed by atoms with Crippen molar-refractivity contribution in [2.75, 3.05) is 0 Å². The second-order valence-corrected chi connectivity index (χ2v) is 6.25. The van der Waals surface area contributed by atoms with Gasteiger partial charge >= 0.3 is 0 Å². The molecule has 0 fully saturated rings. The van der Waals surface area contributed by atoms with Gasteiger partial charge in [0, 0.05) is 15.6 Å². The first kappa shape index (κ1) is 17.1. The van der Waals surface area contributed by atoms with E-state index < -0.39 is 11.7 Å². The molecular weight excluding hydrogens is 387 g/mol. The lowest BCUT2D eigenvalue weighted by Crippen LogP contribution is -2.17. The highest BCUT2D eigenvalue weighted by Gasteiger charge is 2.08. The summed E-state index contributed by atoms with van der Waals surface area (Å²) < 4.78 is 19.5. The average molecular weight is 401 g/mol. The summed E-state index contributed by atoms with van der Waals surface area (Å²) in [5.74, 6) is 0.370. The van der Waals surface area contributed by atoms with Crippen molar-refractivity contribution in [3.8, 4) is 11.3 Å². The van der Waals surface area contributed by atoms with E-state index >= 15 is 0 Å². The molecule has 2 aromatic carbocycles. The highest BCUT2D eigenvalue weighted by Crippen LogP contribution is 2.30. The Balaban J connectivity index is 1.67. The monoisotopic (exact) mass is 400 g/mol. The van der Waals surface area contributed by atoms with Gasteiger partial charge in [-0.05, 0) is 61.0 Å². The molecule has 3 rings (SSSR count). The summed E-state index contributed by atoms with van der Waals surface area (Å²) in [6.45, 7) is 2.01. The summed E-state index contributed by atoms with van der Waals surface area (Å²) in [4.78, 5) is 11.9. The van der Waals surface area contributed by atoms with Crippen LogP contribution in [0.4, 0.5) is 4.39 Å². The summed E-state index contributed by atoms with van der Waals surface area (Å²) in [6.07, 6.45) is 1.41. The standard InChI is InChI=1S/C19H14BrFN2O2/c1-12-2-8-16(17(20)10-12)18-9-7-15(25-18)11-22-23-19(24)13-3-5-14(21)6-4-13/h2-11H,1H3,(H,23,24)/b22-11-. The van der Waals surface area contributed by atoms with Crippen molar-refractivity contribution in [3.63, 3.8) is 0 Å². The molecule has 0 radical (unpaired) electrons. The fourth-order valence-electron chi connectivity index (χ4n) is 2.21. The van der Waals surface area contributed by atoms with E-state index in [0.29, 0.717) is 17.1 Å². The lowest BCUT2D eigenvalue weighted by Gasteiger charge is -2.02. The number of hydrogen-bond acceptors (Lipinski definition) is 3. The van der Waals surface area contributed by atoms with Crippen LogP contribution in [0.15, 0.2) is 68.6 Å². The van der Waals surface area contributed by atoms with E-state index in [2.05, 4.69) is 26.5 Å². The summed E-state index contributed by atoms with van der Waals surface area (Å²) in [7, 11) is 0. The predicted molar refractivity (Wildman–Crippen MR) is 98.0 cm³/mol. The van der Waals surface area contributed by atoms with Crippen LogP contribution in [0.3, 0.4) is 0 Å². The molecule has 4 nitrogen and oxygen atoms in total. The molecule has 0 saturated carbocycles. The number of rotatable bonds is 4. The lowest BCUT2D eigenvalue weighted by atomic mass is 10.1. The Kier molecular flexibility index (Phi) is 5.09. The molecule has 1 N–H and O–H groups in total. The molecule has 0 aliphatic rings. The zero-order valence-electron chi connectivity index (χ0n) is 13.3. The van der Waals surface area contributed by atoms with Gasteiger partial charge < -0.3 is 4.42 Å². The van der Waals surface area contributed by atoms with Crippen molar-refractivity contribution in [2.45, 2.75) is 6.92 Å². The van der Waals surface area contributed by atoms with Gasteiger partial charge in [-0.2, -0.15) is 5.10 Å². The molecule has 0 aliphatic heterocycles. The van der Waals surface area contributed by atoms with Crippen LogP contribution in [0.2, 0.25) is 0 Å². The Morgan fingerprint density at radius 3 is 2.64 bits per heavy atom. The molecule has 1 amide bonds. The van der Waals surface area contributed by atoms with Gasteiger partial charge in [-0.1, -0.05) is 22.0 Å². The van der Waals surface area contributed by atoms with Crippen molar-refractivity contribution in [1.29, 1.82) is 0 Å². The van der Waals surface area contributed by atoms with Gasteiger partial charge in [-0.3, -0.25) is 4.79 Å². The summed E-state index contributed by atoms with van der Waals surface area (Å²) in [6, 6.07) is 14.8. The average Bonchev–Trinajstić information content (AvgIpc) is 3.04. The second kappa shape index (κ2) is 7.44. The van der Waals surface area contributed by atoms with Crippen LogP contribution < -0.4 is 5.43 Å². The van der Waals surface area contributed by atoms with E-state index in [1.54, 1.807) is 6.07 Å². The van der Waals surface area contributed by atoms with Gasteiger partial charge in [-0.25, -0.2) is 9.82 Å². The summed E-state index contributed by atoms with van der Waals surface area (Å²) in [5, 5.41) is 3.86. The van der Waals surface area contributed by atoms with Gasteiger partial charge in [0.25, 0.3) is 5.91 Å². The fourth-order valence-corrected chi connectivity index (χ4v) is 2.90. The highest BCUT2D eigenvalue weighted by molar-refractivity contribution is 9.10. The molecule has 1 heterocycles. The normalized spacial score (nSPS) is 11.0. The minimum atomic E-state index is -0.427. The fraction of sp³-hybridized carbons (Fsp3) is 0.0526. The molecule has 0 bridgehead atoms. The van der Waals surface area contributed by atoms with Crippen LogP contribution in [0.5, 0.6) is 0 Å². The topological polar surface area (TPSA) is 54.6 Å². The van der Waals surface area contributed by atoms with E-state index in [9.17, 15) is 9.18 Å². The van der Waals surface area contributed by atoms with Gasteiger partial charge in [0.15, 0.2) is 0 Å². The number of nitrogens with one attached hydrogen (secondary N) is 1. The van der Waals surface area contributed by atoms with Crippen molar-refractivity contribution in [1.82, 2.24) is 5.43 Å². The van der Waals surface area contributed by atoms with E-state index in [1.165, 1.54) is 30.5 Å². The van der Waals surface area contributed by atoms with Crippen molar-refractivity contribution < 1.29 is 13.6 Å². The third-order valence-corrected chi connectivity index (χ3v) is 4.14. The Morgan fingerprint density at radius 2 is 1.92 bits per heavy atom. The number of furan rings is 1. The number of hydrogen-bond donors (Lipinski definition) is 1. The SMILES string of the molecule is Cc1ccc(-c2ccc(/C=N\NC(=O)c3ccc(F)cc3)o2)c(Br)c1. The van der Waals surface area contributed by atoms with Gasteiger partial charge in [-0.15, -0.1) is 0 Å². The zero-order valence-corrected chi connectivity index (χ0v) is 14.9. The minimum absolute atomic E-state index is 0.322. The number of nitrogens with zero attached hydrogens (tertiary/aromatic N) is 1. The quantitative estimate of drug-likeness (QED) is 0.499.